The van der Waals surface area contributed by atoms with Gasteiger partial charge < -0.3 is 14.6 Å². The normalized spacial score (nSPS) is 11.3. The number of benzene rings is 1. The molecule has 1 aromatic rings. The Bertz CT molecular complexity index is 651. The van der Waals surface area contributed by atoms with Crippen LogP contribution in [0.2, 0.25) is 0 Å². The summed E-state index contributed by atoms with van der Waals surface area (Å²) in [5.74, 6) is -1.64. The molecule has 0 amide bonds. The molecule has 0 saturated carbocycles. The van der Waals surface area contributed by atoms with Crippen LogP contribution < -0.4 is 0 Å². The molecule has 0 fully saturated rings. The molecule has 0 atom stereocenters. The highest BCUT2D eigenvalue weighted by Crippen LogP contribution is 2.34. The van der Waals surface area contributed by atoms with Crippen molar-refractivity contribution < 1.29 is 29.1 Å². The summed E-state index contributed by atoms with van der Waals surface area (Å²) in [5, 5.41) is 20.2. The molecule has 142 valence electrons. The van der Waals surface area contributed by atoms with Crippen molar-refractivity contribution >= 4 is 17.6 Å². The standard InChI is InChI=1S/C18H23NO7/c1-3-25-16(21)18(11-7-8-12-20,17(22)26-4-2)13-14-9-5-6-10-15(14)19(23)24/h5-10,20H,3-4,11-13H2,1-2H3/b8-7-. The molecule has 1 aromatic carbocycles. The van der Waals surface area contributed by atoms with Crippen LogP contribution in [-0.4, -0.2) is 41.8 Å². The van der Waals surface area contributed by atoms with Crippen molar-refractivity contribution in [1.82, 2.24) is 0 Å². The molecule has 0 saturated heterocycles. The Labute approximate surface area is 151 Å². The second-order valence-corrected chi connectivity index (χ2v) is 5.44. The maximum absolute atomic E-state index is 12.7. The van der Waals surface area contributed by atoms with E-state index in [1.54, 1.807) is 19.9 Å². The third kappa shape index (κ3) is 5.13. The number of nitrogens with zero attached hydrogens (tertiary/aromatic N) is 1. The Morgan fingerprint density at radius 3 is 2.23 bits per heavy atom. The number of carbonyl (C=O) groups is 2. The number of hydrogen-bond acceptors (Lipinski definition) is 7. The molecule has 0 aromatic heterocycles. The van der Waals surface area contributed by atoms with Crippen LogP contribution in [0.4, 0.5) is 5.69 Å². The van der Waals surface area contributed by atoms with Crippen LogP contribution in [0.25, 0.3) is 0 Å². The molecular weight excluding hydrogens is 342 g/mol. The minimum Gasteiger partial charge on any atom is -0.465 e. The zero-order chi connectivity index (χ0) is 19.6. The third-order valence-corrected chi connectivity index (χ3v) is 3.75. The molecule has 8 heteroatoms. The molecule has 8 nitrogen and oxygen atoms in total. The van der Waals surface area contributed by atoms with Crippen molar-refractivity contribution in [1.29, 1.82) is 0 Å². The largest absolute Gasteiger partial charge is 0.465 e. The van der Waals surface area contributed by atoms with Crippen LogP contribution in [0.3, 0.4) is 0 Å². The molecule has 1 rings (SSSR count). The van der Waals surface area contributed by atoms with E-state index in [9.17, 15) is 19.7 Å². The number of allylic oxidation sites excluding steroid dienone is 1. The Balaban J connectivity index is 3.44. The highest BCUT2D eigenvalue weighted by molar-refractivity contribution is 6.00. The lowest BCUT2D eigenvalue weighted by molar-refractivity contribution is -0.385. The van der Waals surface area contributed by atoms with Crippen LogP contribution >= 0.6 is 0 Å². The molecule has 0 aliphatic carbocycles. The first kappa shape index (κ1) is 21.3. The van der Waals surface area contributed by atoms with Crippen molar-refractivity contribution in [2.45, 2.75) is 26.7 Å². The summed E-state index contributed by atoms with van der Waals surface area (Å²) in [7, 11) is 0. The van der Waals surface area contributed by atoms with Gasteiger partial charge in [0, 0.05) is 18.1 Å². The van der Waals surface area contributed by atoms with Crippen molar-refractivity contribution in [3.63, 3.8) is 0 Å². The third-order valence-electron chi connectivity index (χ3n) is 3.75. The maximum atomic E-state index is 12.7. The predicted octanol–water partition coefficient (Wildman–Crippen LogP) is 2.19. The SMILES string of the molecule is CCOC(=O)C(C/C=C\CO)(Cc1ccccc1[N+](=O)[O-])C(=O)OCC. The van der Waals surface area contributed by atoms with Gasteiger partial charge in [-0.15, -0.1) is 0 Å². The smallest absolute Gasteiger partial charge is 0.324 e. The first-order valence-electron chi connectivity index (χ1n) is 8.25. The number of carbonyl (C=O) groups excluding carboxylic acids is 2. The van der Waals surface area contributed by atoms with Crippen LogP contribution in [0.5, 0.6) is 0 Å². The van der Waals surface area contributed by atoms with E-state index in [4.69, 9.17) is 14.6 Å². The van der Waals surface area contributed by atoms with Crippen LogP contribution in [0.15, 0.2) is 36.4 Å². The Morgan fingerprint density at radius 1 is 1.15 bits per heavy atom. The molecule has 0 unspecified atom stereocenters. The number of nitro groups is 1. The van der Waals surface area contributed by atoms with E-state index in [-0.39, 0.29) is 43.9 Å². The van der Waals surface area contributed by atoms with Crippen molar-refractivity contribution in [3.05, 3.63) is 52.1 Å². The molecule has 0 aliphatic rings. The van der Waals surface area contributed by atoms with Crippen LogP contribution in [-0.2, 0) is 25.5 Å². The minimum absolute atomic E-state index is 0.0422. The van der Waals surface area contributed by atoms with E-state index in [1.165, 1.54) is 30.4 Å². The lowest BCUT2D eigenvalue weighted by atomic mass is 9.78. The van der Waals surface area contributed by atoms with Crippen molar-refractivity contribution in [2.24, 2.45) is 5.41 Å². The van der Waals surface area contributed by atoms with Gasteiger partial charge in [0.2, 0.25) is 0 Å². The van der Waals surface area contributed by atoms with E-state index in [1.807, 2.05) is 0 Å². The fourth-order valence-corrected chi connectivity index (χ4v) is 2.53. The second kappa shape index (κ2) is 10.3. The Kier molecular flexibility index (Phi) is 8.44. The van der Waals surface area contributed by atoms with Crippen molar-refractivity contribution in [2.75, 3.05) is 19.8 Å². The number of aliphatic hydroxyl groups is 1. The number of ether oxygens (including phenoxy) is 2. The molecule has 26 heavy (non-hydrogen) atoms. The molecule has 0 bridgehead atoms. The molecule has 0 radical (unpaired) electrons. The topological polar surface area (TPSA) is 116 Å². The average Bonchev–Trinajstić information content (AvgIpc) is 2.61. The second-order valence-electron chi connectivity index (χ2n) is 5.44. The van der Waals surface area contributed by atoms with E-state index in [0.717, 1.165) is 0 Å². The average molecular weight is 365 g/mol. The van der Waals surface area contributed by atoms with Gasteiger partial charge in [0.05, 0.1) is 24.7 Å². The van der Waals surface area contributed by atoms with Gasteiger partial charge in [0.15, 0.2) is 5.41 Å². The summed E-state index contributed by atoms with van der Waals surface area (Å²) in [5.41, 5.74) is -1.75. The maximum Gasteiger partial charge on any atom is 0.324 e. The first-order chi connectivity index (χ1) is 12.4. The Morgan fingerprint density at radius 2 is 1.73 bits per heavy atom. The number of para-hydroxylation sites is 1. The number of esters is 2. The van der Waals surface area contributed by atoms with E-state index >= 15 is 0 Å². The highest BCUT2D eigenvalue weighted by atomic mass is 16.6. The van der Waals surface area contributed by atoms with Gasteiger partial charge in [0.1, 0.15) is 0 Å². The zero-order valence-electron chi connectivity index (χ0n) is 14.8. The molecular formula is C18H23NO7. The number of nitro benzene ring substituents is 1. The lowest BCUT2D eigenvalue weighted by Gasteiger charge is -2.28. The molecule has 0 spiro atoms. The van der Waals surface area contributed by atoms with Gasteiger partial charge in [-0.25, -0.2) is 0 Å². The highest BCUT2D eigenvalue weighted by Gasteiger charge is 2.49. The molecule has 0 aliphatic heterocycles. The summed E-state index contributed by atoms with van der Waals surface area (Å²) >= 11 is 0. The van der Waals surface area contributed by atoms with Gasteiger partial charge in [-0.3, -0.25) is 19.7 Å². The Hall–Kier alpha value is -2.74. The fraction of sp³-hybridized carbons (Fsp3) is 0.444. The summed E-state index contributed by atoms with van der Waals surface area (Å²) in [6.07, 6.45) is 2.48. The fourth-order valence-electron chi connectivity index (χ4n) is 2.53. The van der Waals surface area contributed by atoms with Gasteiger partial charge in [0.25, 0.3) is 5.69 Å². The van der Waals surface area contributed by atoms with Gasteiger partial charge in [-0.05, 0) is 20.3 Å². The molecule has 0 heterocycles. The number of hydrogen-bond donors (Lipinski definition) is 1. The number of rotatable bonds is 10. The summed E-state index contributed by atoms with van der Waals surface area (Å²) in [6.45, 7) is 3.01. The predicted molar refractivity (Wildman–Crippen MR) is 93.3 cm³/mol. The first-order valence-corrected chi connectivity index (χ1v) is 8.25. The lowest BCUT2D eigenvalue weighted by Crippen LogP contribution is -2.44. The quantitative estimate of drug-likeness (QED) is 0.222. The van der Waals surface area contributed by atoms with Crippen molar-refractivity contribution in [3.8, 4) is 0 Å². The van der Waals surface area contributed by atoms with Gasteiger partial charge in [-0.2, -0.15) is 0 Å². The van der Waals surface area contributed by atoms with Gasteiger partial charge in [-0.1, -0.05) is 30.4 Å². The number of aliphatic hydroxyl groups excluding tert-OH is 1. The molecule has 1 N–H and O–H groups in total. The van der Waals surface area contributed by atoms with E-state index in [0.29, 0.717) is 0 Å². The summed E-state index contributed by atoms with van der Waals surface area (Å²) in [4.78, 5) is 36.1. The monoisotopic (exact) mass is 365 g/mol. The summed E-state index contributed by atoms with van der Waals surface area (Å²) < 4.78 is 10.1. The van der Waals surface area contributed by atoms with E-state index < -0.39 is 22.3 Å². The van der Waals surface area contributed by atoms with Crippen LogP contribution in [0.1, 0.15) is 25.8 Å². The summed E-state index contributed by atoms with van der Waals surface area (Å²) in [6, 6.07) is 5.89. The zero-order valence-corrected chi connectivity index (χ0v) is 14.8. The minimum atomic E-state index is -1.77. The van der Waals surface area contributed by atoms with E-state index in [2.05, 4.69) is 0 Å². The van der Waals surface area contributed by atoms with Gasteiger partial charge >= 0.3 is 11.9 Å². The van der Waals surface area contributed by atoms with Crippen LogP contribution in [0, 0.1) is 15.5 Å².